The zero-order chi connectivity index (χ0) is 15.5. The van der Waals surface area contributed by atoms with Crippen molar-refractivity contribution in [1.29, 1.82) is 0 Å². The highest BCUT2D eigenvalue weighted by atomic mass is 19.2. The van der Waals surface area contributed by atoms with Gasteiger partial charge >= 0.3 is 0 Å². The lowest BCUT2D eigenvalue weighted by Gasteiger charge is -2.31. The maximum absolute atomic E-state index is 13.5. The summed E-state index contributed by atoms with van der Waals surface area (Å²) >= 11 is 0. The maximum Gasteiger partial charge on any atom is 0.254 e. The van der Waals surface area contributed by atoms with Crippen molar-refractivity contribution >= 4 is 5.91 Å². The third-order valence-electron chi connectivity index (χ3n) is 3.00. The third-order valence-corrected chi connectivity index (χ3v) is 3.00. The molecule has 6 heteroatoms. The fourth-order valence-electron chi connectivity index (χ4n) is 2.13. The van der Waals surface area contributed by atoms with Crippen molar-refractivity contribution in [3.8, 4) is 0 Å². The monoisotopic (exact) mass is 288 g/mol. The van der Waals surface area contributed by atoms with Crippen LogP contribution < -0.4 is 11.1 Å². The topological polar surface area (TPSA) is 55.1 Å². The van der Waals surface area contributed by atoms with Gasteiger partial charge in [0.05, 0.1) is 5.56 Å². The van der Waals surface area contributed by atoms with Gasteiger partial charge in [0.25, 0.3) is 5.91 Å². The van der Waals surface area contributed by atoms with E-state index in [0.29, 0.717) is 6.42 Å². The molecule has 0 bridgehead atoms. The molecule has 1 aromatic rings. The predicted molar refractivity (Wildman–Crippen MR) is 70.7 cm³/mol. The van der Waals surface area contributed by atoms with Gasteiger partial charge in [-0.15, -0.1) is 0 Å². The van der Waals surface area contributed by atoms with Gasteiger partial charge < -0.3 is 11.1 Å². The Balaban J connectivity index is 2.99. The third kappa shape index (κ3) is 3.72. The molecule has 0 heterocycles. The molecule has 0 saturated heterocycles. The molecule has 112 valence electrons. The first kappa shape index (κ1) is 16.5. The fraction of sp³-hybridized carbons (Fsp3) is 0.500. The molecular formula is C14H19F3N2O. The van der Waals surface area contributed by atoms with Crippen LogP contribution in [0.2, 0.25) is 0 Å². The standard InChI is InChI=1S/C14H19F3N2O/c1-8(2)6-14(3,7-18)19-13(20)9-4-5-10(15)12(17)11(9)16/h4-5,8H,6-7,18H2,1-3H3,(H,19,20). The molecule has 3 nitrogen and oxygen atoms in total. The summed E-state index contributed by atoms with van der Waals surface area (Å²) in [5.41, 5.74) is 4.36. The van der Waals surface area contributed by atoms with E-state index in [1.165, 1.54) is 0 Å². The molecule has 0 aromatic heterocycles. The Morgan fingerprint density at radius 3 is 2.40 bits per heavy atom. The number of halogens is 3. The van der Waals surface area contributed by atoms with Crippen LogP contribution in [0.3, 0.4) is 0 Å². The lowest BCUT2D eigenvalue weighted by Crippen LogP contribution is -2.52. The van der Waals surface area contributed by atoms with Gasteiger partial charge in [0.15, 0.2) is 17.5 Å². The maximum atomic E-state index is 13.5. The Morgan fingerprint density at radius 2 is 1.90 bits per heavy atom. The summed E-state index contributed by atoms with van der Waals surface area (Å²) < 4.78 is 39.5. The van der Waals surface area contributed by atoms with Gasteiger partial charge in [0.2, 0.25) is 0 Å². The van der Waals surface area contributed by atoms with Crippen LogP contribution in [0.4, 0.5) is 13.2 Å². The number of carbonyl (C=O) groups is 1. The quantitative estimate of drug-likeness (QED) is 0.818. The molecule has 1 aromatic carbocycles. The molecule has 20 heavy (non-hydrogen) atoms. The van der Waals surface area contributed by atoms with Crippen LogP contribution >= 0.6 is 0 Å². The molecule has 0 aliphatic carbocycles. The Bertz CT molecular complexity index is 505. The van der Waals surface area contributed by atoms with E-state index in [1.807, 2.05) is 13.8 Å². The molecule has 1 rings (SSSR count). The van der Waals surface area contributed by atoms with Crippen molar-refractivity contribution in [3.05, 3.63) is 35.1 Å². The van der Waals surface area contributed by atoms with E-state index in [0.717, 1.165) is 12.1 Å². The van der Waals surface area contributed by atoms with Crippen LogP contribution in [0.25, 0.3) is 0 Å². The molecular weight excluding hydrogens is 269 g/mol. The summed E-state index contributed by atoms with van der Waals surface area (Å²) in [5, 5.41) is 2.59. The predicted octanol–water partition coefficient (Wildman–Crippen LogP) is 2.60. The Morgan fingerprint density at radius 1 is 1.30 bits per heavy atom. The second-order valence-corrected chi connectivity index (χ2v) is 5.54. The van der Waals surface area contributed by atoms with E-state index in [1.54, 1.807) is 6.92 Å². The normalized spacial score (nSPS) is 14.2. The molecule has 3 N–H and O–H groups in total. The van der Waals surface area contributed by atoms with E-state index in [4.69, 9.17) is 5.73 Å². The summed E-state index contributed by atoms with van der Waals surface area (Å²) in [6.07, 6.45) is 0.584. The first-order chi connectivity index (χ1) is 9.20. The largest absolute Gasteiger partial charge is 0.346 e. The highest BCUT2D eigenvalue weighted by Gasteiger charge is 2.28. The van der Waals surface area contributed by atoms with Crippen LogP contribution in [0.15, 0.2) is 12.1 Å². The van der Waals surface area contributed by atoms with E-state index in [9.17, 15) is 18.0 Å². The van der Waals surface area contributed by atoms with E-state index in [-0.39, 0.29) is 12.5 Å². The van der Waals surface area contributed by atoms with Crippen molar-refractivity contribution in [2.75, 3.05) is 6.54 Å². The second-order valence-electron chi connectivity index (χ2n) is 5.54. The number of nitrogens with one attached hydrogen (secondary N) is 1. The number of benzene rings is 1. The molecule has 1 atom stereocenters. The zero-order valence-corrected chi connectivity index (χ0v) is 11.8. The SMILES string of the molecule is CC(C)CC(C)(CN)NC(=O)c1ccc(F)c(F)c1F. The fourth-order valence-corrected chi connectivity index (χ4v) is 2.13. The second kappa shape index (κ2) is 6.26. The molecule has 1 unspecified atom stereocenters. The van der Waals surface area contributed by atoms with E-state index in [2.05, 4.69) is 5.32 Å². The highest BCUT2D eigenvalue weighted by molar-refractivity contribution is 5.95. The van der Waals surface area contributed by atoms with Crippen LogP contribution in [-0.4, -0.2) is 18.0 Å². The molecule has 0 spiro atoms. The molecule has 0 radical (unpaired) electrons. The van der Waals surface area contributed by atoms with Crippen molar-refractivity contribution in [1.82, 2.24) is 5.32 Å². The zero-order valence-electron chi connectivity index (χ0n) is 11.8. The number of nitrogens with two attached hydrogens (primary N) is 1. The molecule has 0 aliphatic rings. The van der Waals surface area contributed by atoms with Gasteiger partial charge in [0, 0.05) is 12.1 Å². The first-order valence-corrected chi connectivity index (χ1v) is 6.36. The minimum Gasteiger partial charge on any atom is -0.346 e. The summed E-state index contributed by atoms with van der Waals surface area (Å²) in [4.78, 5) is 12.0. The number of carbonyl (C=O) groups excluding carboxylic acids is 1. The Hall–Kier alpha value is -1.56. The van der Waals surface area contributed by atoms with Crippen LogP contribution in [0.1, 0.15) is 37.6 Å². The minimum atomic E-state index is -1.66. The summed E-state index contributed by atoms with van der Waals surface area (Å²) in [5.74, 6) is -5.03. The Labute approximate surface area is 116 Å². The highest BCUT2D eigenvalue weighted by Crippen LogP contribution is 2.19. The van der Waals surface area contributed by atoms with Crippen molar-refractivity contribution in [2.45, 2.75) is 32.7 Å². The molecule has 0 aliphatic heterocycles. The van der Waals surface area contributed by atoms with Gasteiger partial charge in [-0.2, -0.15) is 0 Å². The average Bonchev–Trinajstić information content (AvgIpc) is 2.34. The molecule has 0 fully saturated rings. The number of hydrogen-bond donors (Lipinski definition) is 2. The van der Waals surface area contributed by atoms with Gasteiger partial charge in [-0.3, -0.25) is 4.79 Å². The average molecular weight is 288 g/mol. The first-order valence-electron chi connectivity index (χ1n) is 6.36. The summed E-state index contributed by atoms with van der Waals surface area (Å²) in [6, 6.07) is 1.63. The summed E-state index contributed by atoms with van der Waals surface area (Å²) in [6.45, 7) is 5.79. The van der Waals surface area contributed by atoms with Crippen LogP contribution in [0.5, 0.6) is 0 Å². The van der Waals surface area contributed by atoms with Crippen LogP contribution in [-0.2, 0) is 0 Å². The van der Waals surface area contributed by atoms with Gasteiger partial charge in [0.1, 0.15) is 0 Å². The number of amides is 1. The van der Waals surface area contributed by atoms with Crippen LogP contribution in [0, 0.1) is 23.4 Å². The Kier molecular flexibility index (Phi) is 5.16. The van der Waals surface area contributed by atoms with E-state index >= 15 is 0 Å². The van der Waals surface area contributed by atoms with Gasteiger partial charge in [-0.1, -0.05) is 13.8 Å². The molecule has 0 saturated carbocycles. The number of rotatable bonds is 5. The lowest BCUT2D eigenvalue weighted by atomic mass is 9.90. The summed E-state index contributed by atoms with van der Waals surface area (Å²) in [7, 11) is 0. The van der Waals surface area contributed by atoms with E-state index < -0.39 is 34.5 Å². The van der Waals surface area contributed by atoms with Gasteiger partial charge in [-0.05, 0) is 31.4 Å². The van der Waals surface area contributed by atoms with Crippen molar-refractivity contribution < 1.29 is 18.0 Å². The number of hydrogen-bond acceptors (Lipinski definition) is 2. The minimum absolute atomic E-state index is 0.155. The lowest BCUT2D eigenvalue weighted by molar-refractivity contribution is 0.0893. The molecule has 1 amide bonds. The van der Waals surface area contributed by atoms with Crippen molar-refractivity contribution in [2.24, 2.45) is 11.7 Å². The van der Waals surface area contributed by atoms with Crippen molar-refractivity contribution in [3.63, 3.8) is 0 Å². The van der Waals surface area contributed by atoms with Gasteiger partial charge in [-0.25, -0.2) is 13.2 Å². The smallest absolute Gasteiger partial charge is 0.254 e.